The number of aromatic nitrogens is 8. The van der Waals surface area contributed by atoms with Crippen LogP contribution in [0.15, 0.2) is 73.1 Å². The summed E-state index contributed by atoms with van der Waals surface area (Å²) < 4.78 is 0. The third-order valence-corrected chi connectivity index (χ3v) is 11.2. The molecule has 8 rings (SSSR count). The quantitative estimate of drug-likeness (QED) is 0.0493. The number of benzene rings is 2. The normalized spacial score (nSPS) is 14.5. The Bertz CT molecular complexity index is 2360. The summed E-state index contributed by atoms with van der Waals surface area (Å²) in [7, 11) is 4.26. The molecule has 0 saturated carbocycles. The Kier molecular flexibility index (Phi) is 16.5. The molecule has 0 spiro atoms. The average molecular weight is 884 g/mol. The first-order valence-electron chi connectivity index (χ1n) is 19.7. The highest BCUT2D eigenvalue weighted by Crippen LogP contribution is 2.26. The summed E-state index contributed by atoms with van der Waals surface area (Å²) in [4.78, 5) is 46.0. The minimum Gasteiger partial charge on any atom is -0.379 e. The smallest absolute Gasteiger partial charge is 0.186 e. The van der Waals surface area contributed by atoms with Crippen molar-refractivity contribution in [2.75, 3.05) is 106 Å². The zero-order chi connectivity index (χ0) is 43.1. The summed E-state index contributed by atoms with van der Waals surface area (Å²) in [5, 5.41) is 17.9. The molecule has 61 heavy (non-hydrogen) atoms. The first-order chi connectivity index (χ1) is 29.6. The number of halogens is 1. The summed E-state index contributed by atoms with van der Waals surface area (Å²) in [6.45, 7) is 8.91. The number of rotatable bonds is 10. The van der Waals surface area contributed by atoms with E-state index in [9.17, 15) is 0 Å². The second-order valence-electron chi connectivity index (χ2n) is 14.0. The molecule has 2 aliphatic heterocycles. The summed E-state index contributed by atoms with van der Waals surface area (Å²) in [5.74, 6) is 4.90. The van der Waals surface area contributed by atoms with E-state index in [0.717, 1.165) is 80.9 Å². The van der Waals surface area contributed by atoms with E-state index in [1.807, 2.05) is 60.7 Å². The van der Waals surface area contributed by atoms with Crippen LogP contribution in [0.1, 0.15) is 0 Å². The van der Waals surface area contributed by atoms with E-state index in [-0.39, 0.29) is 10.3 Å². The molecule has 0 bridgehead atoms. The zero-order valence-electron chi connectivity index (χ0n) is 34.2. The second kappa shape index (κ2) is 22.4. The van der Waals surface area contributed by atoms with Gasteiger partial charge in [0.25, 0.3) is 0 Å². The minimum absolute atomic E-state index is 0.103. The van der Waals surface area contributed by atoms with E-state index in [2.05, 4.69) is 63.9 Å². The van der Waals surface area contributed by atoms with Gasteiger partial charge in [-0.1, -0.05) is 95.8 Å². The fraction of sp³-hybridized carbons (Fsp3) is 0.350. The van der Waals surface area contributed by atoms with Crippen molar-refractivity contribution in [3.63, 3.8) is 0 Å². The Morgan fingerprint density at radius 3 is 1.57 bits per heavy atom. The molecule has 9 N–H and O–H groups in total. The van der Waals surface area contributed by atoms with Gasteiger partial charge < -0.3 is 42.1 Å². The van der Waals surface area contributed by atoms with E-state index in [1.54, 1.807) is 12.4 Å². The molecule has 0 radical (unpaired) electrons. The third-order valence-electron chi connectivity index (χ3n) is 9.49. The topological polar surface area (TPSA) is 254 Å². The zero-order valence-corrected chi connectivity index (χ0v) is 36.6. The van der Waals surface area contributed by atoms with Gasteiger partial charge in [0.1, 0.15) is 17.2 Å². The van der Waals surface area contributed by atoms with Gasteiger partial charge in [-0.2, -0.15) is 0 Å². The minimum atomic E-state index is 0.103. The van der Waals surface area contributed by atoms with E-state index < -0.39 is 0 Å². The molecule has 21 heteroatoms. The van der Waals surface area contributed by atoms with Crippen LogP contribution in [0.4, 0.5) is 17.5 Å². The van der Waals surface area contributed by atoms with E-state index in [0.29, 0.717) is 63.8 Å². The molecular weight excluding hydrogens is 832 g/mol. The van der Waals surface area contributed by atoms with Crippen LogP contribution in [-0.2, 0) is 0 Å². The fourth-order valence-corrected chi connectivity index (χ4v) is 7.17. The van der Waals surface area contributed by atoms with Crippen molar-refractivity contribution < 1.29 is 0 Å². The lowest BCUT2D eigenvalue weighted by Crippen LogP contribution is -2.44. The molecule has 2 saturated heterocycles. The van der Waals surface area contributed by atoms with E-state index >= 15 is 0 Å². The van der Waals surface area contributed by atoms with Crippen LogP contribution in [0, 0.1) is 10.8 Å². The van der Waals surface area contributed by atoms with Gasteiger partial charge in [0.05, 0.1) is 12.4 Å². The molecule has 2 fully saturated rings. The maximum absolute atomic E-state index is 7.35. The molecule has 6 heterocycles. The van der Waals surface area contributed by atoms with Crippen molar-refractivity contribution >= 4 is 85.2 Å². The van der Waals surface area contributed by atoms with Crippen LogP contribution < -0.4 is 32.3 Å². The fourth-order valence-electron chi connectivity index (χ4n) is 6.20. The second-order valence-corrected chi connectivity index (χ2v) is 16.6. The highest BCUT2D eigenvalue weighted by molar-refractivity contribution is 8.13. The van der Waals surface area contributed by atoms with E-state index in [4.69, 9.17) is 54.6 Å². The molecular formula is C40H51ClN18S2. The third kappa shape index (κ3) is 13.0. The standard InChI is InChI=1S/C20H25N9S.C17H17ClN6.C3H9N3S/c1-28-8-10-29(11-9-28)15-13-24-16-18(23-7-12-30-20(21)22)26-17(27-19(16)25-15)14-5-3-2-4-6-14;1-23-7-9-24(10-8-23)13-11-19-14-15(18)21-16(22-17(14)20-13)12-5-3-2-4-6-12;4-1-2-7-3(5)6/h2-6,13H,7-12H2,1H3,(H3,21,22)(H,23,25,26,27);2-6,11H,7-10H2,1H3;1-2,4H2,(H3,5,6). The van der Waals surface area contributed by atoms with Gasteiger partial charge >= 0.3 is 0 Å². The lowest BCUT2D eigenvalue weighted by atomic mass is 10.2. The molecule has 6 aromatic rings. The number of fused-ring (bicyclic) bond motifs is 2. The first-order valence-corrected chi connectivity index (χ1v) is 22.0. The van der Waals surface area contributed by atoms with Crippen molar-refractivity contribution in [3.8, 4) is 22.8 Å². The lowest BCUT2D eigenvalue weighted by molar-refractivity contribution is 0.312. The molecule has 320 valence electrons. The predicted octanol–water partition coefficient (Wildman–Crippen LogP) is 3.94. The van der Waals surface area contributed by atoms with Crippen molar-refractivity contribution in [3.05, 3.63) is 78.2 Å². The van der Waals surface area contributed by atoms with Crippen LogP contribution in [0.25, 0.3) is 45.1 Å². The number of piperazine rings is 2. The van der Waals surface area contributed by atoms with Crippen LogP contribution in [-0.4, -0.2) is 151 Å². The first kappa shape index (κ1) is 45.0. The lowest BCUT2D eigenvalue weighted by Gasteiger charge is -2.32. The van der Waals surface area contributed by atoms with E-state index in [1.165, 1.54) is 23.5 Å². The van der Waals surface area contributed by atoms with Crippen molar-refractivity contribution in [1.82, 2.24) is 49.7 Å². The largest absolute Gasteiger partial charge is 0.379 e. The maximum atomic E-state index is 7.35. The van der Waals surface area contributed by atoms with Gasteiger partial charge in [0.2, 0.25) is 0 Å². The molecule has 4 aromatic heterocycles. The van der Waals surface area contributed by atoms with Crippen LogP contribution >= 0.6 is 35.1 Å². The molecule has 0 unspecified atom stereocenters. The maximum Gasteiger partial charge on any atom is 0.186 e. The molecule has 2 aliphatic rings. The van der Waals surface area contributed by atoms with Gasteiger partial charge in [0, 0.05) is 88.1 Å². The van der Waals surface area contributed by atoms with Gasteiger partial charge in [-0.05, 0) is 14.1 Å². The Balaban J connectivity index is 0.000000180. The van der Waals surface area contributed by atoms with Crippen LogP contribution in [0.2, 0.25) is 5.15 Å². The number of thioether (sulfide) groups is 2. The SMILES string of the molecule is CN1CCN(c2cnc3c(Cl)nc(-c4ccccc4)nc3n2)CC1.CN1CCN(c2cnc3c(NCCSC(=N)N)nc(-c4ccccc4)nc3n2)CC1.N=C(N)SCCN. The average Bonchev–Trinajstić information content (AvgIpc) is 3.28. The van der Waals surface area contributed by atoms with Crippen molar-refractivity contribution in [1.29, 1.82) is 10.8 Å². The van der Waals surface area contributed by atoms with Crippen molar-refractivity contribution in [2.24, 2.45) is 17.2 Å². The summed E-state index contributed by atoms with van der Waals surface area (Å²) >= 11 is 8.85. The number of nitrogens with two attached hydrogens (primary N) is 3. The number of amidine groups is 2. The number of hydrogen-bond donors (Lipinski definition) is 6. The summed E-state index contributed by atoms with van der Waals surface area (Å²) in [5.41, 5.74) is 19.6. The van der Waals surface area contributed by atoms with Gasteiger partial charge in [-0.3, -0.25) is 10.8 Å². The van der Waals surface area contributed by atoms with Crippen LogP contribution in [0.3, 0.4) is 0 Å². The number of nitrogens with zero attached hydrogens (tertiary/aromatic N) is 12. The monoisotopic (exact) mass is 882 g/mol. The summed E-state index contributed by atoms with van der Waals surface area (Å²) in [6.07, 6.45) is 3.56. The molecule has 2 aromatic carbocycles. The molecule has 0 aliphatic carbocycles. The molecule has 18 nitrogen and oxygen atoms in total. The highest BCUT2D eigenvalue weighted by atomic mass is 35.5. The number of anilines is 3. The van der Waals surface area contributed by atoms with Gasteiger partial charge in [-0.25, -0.2) is 39.9 Å². The predicted molar refractivity (Wildman–Crippen MR) is 252 cm³/mol. The van der Waals surface area contributed by atoms with Gasteiger partial charge in [0.15, 0.2) is 49.8 Å². The molecule has 0 atom stereocenters. The Morgan fingerprint density at radius 2 is 1.10 bits per heavy atom. The van der Waals surface area contributed by atoms with Crippen LogP contribution in [0.5, 0.6) is 0 Å². The Hall–Kier alpha value is -5.51. The molecule has 0 amide bonds. The van der Waals surface area contributed by atoms with Gasteiger partial charge in [-0.15, -0.1) is 0 Å². The summed E-state index contributed by atoms with van der Waals surface area (Å²) in [6, 6.07) is 19.6. The Morgan fingerprint density at radius 1 is 0.639 bits per heavy atom. The number of nitrogens with one attached hydrogen (secondary N) is 3. The number of likely N-dealkylation sites (N-methyl/N-ethyl adjacent to an activating group) is 2. The Labute approximate surface area is 368 Å². The number of hydrogen-bond acceptors (Lipinski definition) is 18. The van der Waals surface area contributed by atoms with Crippen molar-refractivity contribution in [2.45, 2.75) is 0 Å². The highest BCUT2D eigenvalue weighted by Gasteiger charge is 2.20.